The van der Waals surface area contributed by atoms with Crippen molar-refractivity contribution in [3.8, 4) is 11.5 Å². The maximum atomic E-state index is 13.1. The number of aromatic nitrogens is 1. The lowest BCUT2D eigenvalue weighted by Crippen LogP contribution is -2.56. The van der Waals surface area contributed by atoms with Gasteiger partial charge in [-0.15, -0.1) is 0 Å². The molecule has 0 bridgehead atoms. The first-order chi connectivity index (χ1) is 16.5. The Hall–Kier alpha value is -3.82. The number of amides is 1. The van der Waals surface area contributed by atoms with Crippen molar-refractivity contribution < 1.29 is 24.5 Å². The molecule has 3 aromatic rings. The van der Waals surface area contributed by atoms with Gasteiger partial charge >= 0.3 is 0 Å². The highest BCUT2D eigenvalue weighted by atomic mass is 16.5. The summed E-state index contributed by atoms with van der Waals surface area (Å²) < 4.78 is 12.0. The van der Waals surface area contributed by atoms with Crippen LogP contribution in [0.3, 0.4) is 0 Å². The quantitative estimate of drug-likeness (QED) is 0.547. The van der Waals surface area contributed by atoms with Gasteiger partial charge in [0.1, 0.15) is 12.4 Å². The van der Waals surface area contributed by atoms with Crippen LogP contribution in [0.15, 0.2) is 71.7 Å². The molecule has 0 radical (unpaired) electrons. The van der Waals surface area contributed by atoms with E-state index in [1.54, 1.807) is 23.8 Å². The lowest BCUT2D eigenvalue weighted by molar-refractivity contribution is 0.0614. The minimum atomic E-state index is -0.598. The number of nitrogens with zero attached hydrogens (tertiary/aromatic N) is 3. The first kappa shape index (κ1) is 24.8. The van der Waals surface area contributed by atoms with Gasteiger partial charge in [-0.25, -0.2) is 0 Å². The Morgan fingerprint density at radius 2 is 1.59 bits per heavy atom. The number of aliphatic hydroxyl groups excluding tert-OH is 1. The number of benzene rings is 2. The van der Waals surface area contributed by atoms with Crippen LogP contribution in [0.2, 0.25) is 0 Å². The van der Waals surface area contributed by atoms with Crippen LogP contribution in [-0.4, -0.2) is 66.8 Å². The number of ether oxygens (including phenoxy) is 2. The molecule has 9 heteroatoms. The van der Waals surface area contributed by atoms with E-state index in [1.165, 1.54) is 12.3 Å². The first-order valence-corrected chi connectivity index (χ1v) is 10.7. The fourth-order valence-electron chi connectivity index (χ4n) is 3.93. The largest absolute Gasteiger partial charge is 0.502 e. The molecule has 34 heavy (non-hydrogen) atoms. The van der Waals surface area contributed by atoms with Gasteiger partial charge in [0.25, 0.3) is 5.91 Å². The summed E-state index contributed by atoms with van der Waals surface area (Å²) in [6, 6.07) is 18.5. The van der Waals surface area contributed by atoms with Crippen molar-refractivity contribution >= 4 is 5.91 Å². The third-order valence-electron chi connectivity index (χ3n) is 5.55. The number of methoxy groups -OCH3 is 2. The minimum Gasteiger partial charge on any atom is -0.502 e. The third kappa shape index (κ3) is 4.90. The number of pyridine rings is 1. The lowest BCUT2D eigenvalue weighted by Gasteiger charge is -2.44. The third-order valence-corrected chi connectivity index (χ3v) is 5.55. The van der Waals surface area contributed by atoms with Gasteiger partial charge < -0.3 is 24.6 Å². The molecule has 1 amide bonds. The van der Waals surface area contributed by atoms with Crippen molar-refractivity contribution in [3.63, 3.8) is 0 Å². The molecule has 1 aromatic heterocycles. The Bertz CT molecular complexity index is 1150. The highest BCUT2D eigenvalue weighted by Gasteiger charge is 2.36. The normalized spacial score (nSPS) is 13.6. The van der Waals surface area contributed by atoms with E-state index in [-0.39, 0.29) is 18.4 Å². The second-order valence-corrected chi connectivity index (χ2v) is 7.45. The number of aromatic hydroxyl groups is 1. The highest BCUT2D eigenvalue weighted by Crippen LogP contribution is 2.32. The molecule has 1 atom stereocenters. The molecule has 0 aliphatic carbocycles. The number of carbonyl (C=O) groups is 1. The fraction of sp³-hybridized carbons (Fsp3) is 0.280. The van der Waals surface area contributed by atoms with Gasteiger partial charge in [-0.05, 0) is 23.3 Å². The van der Waals surface area contributed by atoms with Gasteiger partial charge in [0.05, 0.1) is 19.8 Å². The summed E-state index contributed by atoms with van der Waals surface area (Å²) in [5, 5.41) is 19.5. The summed E-state index contributed by atoms with van der Waals surface area (Å²) in [4.78, 5) is 26.8. The SMILES string of the molecule is CO.COCCN1CN(C(c2ccccc2)c2ccc(OC)cc2)n2ccc(=O)c(O)c2C1=O. The number of hydrogen-bond acceptors (Lipinski definition) is 7. The maximum Gasteiger partial charge on any atom is 0.277 e. The van der Waals surface area contributed by atoms with Crippen LogP contribution in [0.4, 0.5) is 0 Å². The summed E-state index contributed by atoms with van der Waals surface area (Å²) in [5.74, 6) is -0.251. The molecule has 0 spiro atoms. The van der Waals surface area contributed by atoms with Crippen molar-refractivity contribution in [3.05, 3.63) is 93.9 Å². The van der Waals surface area contributed by atoms with Crippen LogP contribution in [0.1, 0.15) is 27.7 Å². The van der Waals surface area contributed by atoms with Crippen LogP contribution in [0.25, 0.3) is 0 Å². The Balaban J connectivity index is 0.00000158. The van der Waals surface area contributed by atoms with Crippen LogP contribution in [0.5, 0.6) is 11.5 Å². The van der Waals surface area contributed by atoms with Gasteiger partial charge in [0.15, 0.2) is 11.4 Å². The molecule has 4 rings (SSSR count). The Morgan fingerprint density at radius 1 is 0.941 bits per heavy atom. The molecule has 1 aliphatic rings. The molecule has 2 N–H and O–H groups in total. The van der Waals surface area contributed by atoms with Gasteiger partial charge in [0, 0.05) is 33.0 Å². The zero-order chi connectivity index (χ0) is 24.7. The monoisotopic (exact) mass is 467 g/mol. The molecule has 180 valence electrons. The van der Waals surface area contributed by atoms with Crippen molar-refractivity contribution in [1.82, 2.24) is 9.58 Å². The average Bonchev–Trinajstić information content (AvgIpc) is 2.89. The van der Waals surface area contributed by atoms with Crippen LogP contribution < -0.4 is 15.2 Å². The molecule has 2 heterocycles. The molecule has 1 unspecified atom stereocenters. The van der Waals surface area contributed by atoms with Gasteiger partial charge in [-0.2, -0.15) is 0 Å². The summed E-state index contributed by atoms with van der Waals surface area (Å²) in [6.07, 6.45) is 1.53. The molecule has 1 aliphatic heterocycles. The Morgan fingerprint density at radius 3 is 2.21 bits per heavy atom. The van der Waals surface area contributed by atoms with E-state index in [0.29, 0.717) is 13.2 Å². The summed E-state index contributed by atoms with van der Waals surface area (Å²) in [6.45, 7) is 0.886. The molecular formula is C25H29N3O6. The van der Waals surface area contributed by atoms with Crippen LogP contribution >= 0.6 is 0 Å². The lowest BCUT2D eigenvalue weighted by atomic mass is 9.98. The maximum absolute atomic E-state index is 13.1. The van der Waals surface area contributed by atoms with Crippen molar-refractivity contribution in [2.45, 2.75) is 6.04 Å². The average molecular weight is 468 g/mol. The molecule has 0 fully saturated rings. The number of hydrogen-bond donors (Lipinski definition) is 2. The van der Waals surface area contributed by atoms with Crippen LogP contribution in [0, 0.1) is 0 Å². The van der Waals surface area contributed by atoms with Crippen molar-refractivity contribution in [1.29, 1.82) is 0 Å². The van der Waals surface area contributed by atoms with E-state index in [9.17, 15) is 14.7 Å². The zero-order valence-electron chi connectivity index (χ0n) is 19.4. The number of fused-ring (bicyclic) bond motifs is 1. The second-order valence-electron chi connectivity index (χ2n) is 7.45. The van der Waals surface area contributed by atoms with E-state index < -0.39 is 17.1 Å². The van der Waals surface area contributed by atoms with Crippen LogP contribution in [-0.2, 0) is 4.74 Å². The Labute approximate surface area is 198 Å². The first-order valence-electron chi connectivity index (χ1n) is 10.7. The zero-order valence-corrected chi connectivity index (χ0v) is 19.4. The van der Waals surface area contributed by atoms with E-state index >= 15 is 0 Å². The van der Waals surface area contributed by atoms with Gasteiger partial charge in [-0.3, -0.25) is 19.3 Å². The van der Waals surface area contributed by atoms with Crippen molar-refractivity contribution in [2.75, 3.05) is 46.2 Å². The smallest absolute Gasteiger partial charge is 0.277 e. The van der Waals surface area contributed by atoms with E-state index in [1.807, 2.05) is 59.6 Å². The van der Waals surface area contributed by atoms with E-state index in [2.05, 4.69) is 0 Å². The molecule has 0 saturated carbocycles. The predicted molar refractivity (Wildman–Crippen MR) is 128 cm³/mol. The van der Waals surface area contributed by atoms with Gasteiger partial charge in [0.2, 0.25) is 5.43 Å². The Kier molecular flexibility index (Phi) is 8.29. The van der Waals surface area contributed by atoms with E-state index in [0.717, 1.165) is 24.0 Å². The summed E-state index contributed by atoms with van der Waals surface area (Å²) in [5.41, 5.74) is 1.29. The molecule has 9 nitrogen and oxygen atoms in total. The summed E-state index contributed by atoms with van der Waals surface area (Å²) in [7, 11) is 4.18. The summed E-state index contributed by atoms with van der Waals surface area (Å²) >= 11 is 0. The van der Waals surface area contributed by atoms with Gasteiger partial charge in [-0.1, -0.05) is 42.5 Å². The fourth-order valence-corrected chi connectivity index (χ4v) is 3.93. The van der Waals surface area contributed by atoms with E-state index in [4.69, 9.17) is 14.6 Å². The standard InChI is InChI=1S/C24H25N3O5.CH4O/c1-31-15-14-25-16-27(26-13-12-20(28)23(29)22(26)24(25)30)21(17-6-4-3-5-7-17)18-8-10-19(32-2)11-9-18;1-2/h3-13,21,29H,14-16H2,1-2H3;2H,1H3. The number of carbonyl (C=O) groups excluding carboxylic acids is 1. The second kappa shape index (κ2) is 11.4. The van der Waals surface area contributed by atoms with Crippen molar-refractivity contribution in [2.24, 2.45) is 0 Å². The molecule has 2 aromatic carbocycles. The molecular weight excluding hydrogens is 438 g/mol. The highest BCUT2D eigenvalue weighted by molar-refractivity contribution is 5.96. The predicted octanol–water partition coefficient (Wildman–Crippen LogP) is 1.96. The number of rotatable bonds is 7. The number of aliphatic hydroxyl groups is 1. The topological polar surface area (TPSA) is 104 Å². The molecule has 0 saturated heterocycles. The minimum absolute atomic E-state index is 0.0608.